The number of nitrogens with one attached hydrogen (secondary N) is 1. The van der Waals surface area contributed by atoms with Gasteiger partial charge in [-0.1, -0.05) is 18.2 Å². The third kappa shape index (κ3) is 4.62. The Balaban J connectivity index is 2.33. The van der Waals surface area contributed by atoms with Crippen molar-refractivity contribution in [1.82, 2.24) is 5.32 Å². The van der Waals surface area contributed by atoms with Gasteiger partial charge in [-0.15, -0.1) is 0 Å². The van der Waals surface area contributed by atoms with Crippen molar-refractivity contribution in [3.63, 3.8) is 0 Å². The van der Waals surface area contributed by atoms with Crippen molar-refractivity contribution in [2.24, 2.45) is 0 Å². The molecule has 2 aromatic rings. The average Bonchev–Trinajstić information content (AvgIpc) is 2.62. The second kappa shape index (κ2) is 8.82. The highest BCUT2D eigenvalue weighted by Gasteiger charge is 2.24. The van der Waals surface area contributed by atoms with E-state index >= 15 is 0 Å². The molecule has 26 heavy (non-hydrogen) atoms. The van der Waals surface area contributed by atoms with Crippen LogP contribution >= 0.6 is 0 Å². The molecule has 0 saturated heterocycles. The van der Waals surface area contributed by atoms with Gasteiger partial charge >= 0.3 is 0 Å². The fraction of sp³-hybridized carbons (Fsp3) is 0.316. The highest BCUT2D eigenvalue weighted by atomic mass is 32.2. The zero-order valence-corrected chi connectivity index (χ0v) is 16.0. The third-order valence-electron chi connectivity index (χ3n) is 3.85. The van der Waals surface area contributed by atoms with Crippen molar-refractivity contribution in [2.75, 3.05) is 31.1 Å². The Morgan fingerprint density at radius 2 is 1.88 bits per heavy atom. The molecule has 0 unspecified atom stereocenters. The first-order valence-electron chi connectivity index (χ1n) is 8.36. The molecule has 0 fully saturated rings. The number of methoxy groups -OCH3 is 1. The number of ether oxygens (including phenoxy) is 1. The fourth-order valence-corrected chi connectivity index (χ4v) is 4.08. The number of hydrogen-bond donors (Lipinski definition) is 1. The van der Waals surface area contributed by atoms with Gasteiger partial charge in [0.1, 0.15) is 0 Å². The average molecular weight is 376 g/mol. The Hall–Kier alpha value is -2.38. The lowest BCUT2D eigenvalue weighted by Crippen LogP contribution is -2.31. The number of anilines is 1. The van der Waals surface area contributed by atoms with E-state index in [4.69, 9.17) is 4.74 Å². The van der Waals surface area contributed by atoms with Gasteiger partial charge in [0.05, 0.1) is 17.2 Å². The SMILES string of the molecule is CCN(c1cccc(C)c1)S(=O)(=O)c1cccc(C(=O)NCCOC)c1. The molecule has 0 atom stereocenters. The monoisotopic (exact) mass is 376 g/mol. The standard InChI is InChI=1S/C19H24N2O4S/c1-4-21(17-9-5-7-15(2)13-17)26(23,24)18-10-6-8-16(14-18)19(22)20-11-12-25-3/h5-10,13-14H,4,11-12H2,1-3H3,(H,20,22). The van der Waals surface area contributed by atoms with Crippen molar-refractivity contribution < 1.29 is 17.9 Å². The minimum absolute atomic E-state index is 0.0836. The van der Waals surface area contributed by atoms with Crippen LogP contribution in [0.15, 0.2) is 53.4 Å². The first-order chi connectivity index (χ1) is 12.4. The summed E-state index contributed by atoms with van der Waals surface area (Å²) in [5.41, 5.74) is 1.87. The third-order valence-corrected chi connectivity index (χ3v) is 5.75. The summed E-state index contributed by atoms with van der Waals surface area (Å²) in [6.07, 6.45) is 0. The first kappa shape index (κ1) is 19.9. The van der Waals surface area contributed by atoms with E-state index in [2.05, 4.69) is 5.32 Å². The summed E-state index contributed by atoms with van der Waals surface area (Å²) in [5, 5.41) is 2.69. The van der Waals surface area contributed by atoms with Gasteiger partial charge in [0.15, 0.2) is 0 Å². The smallest absolute Gasteiger partial charge is 0.264 e. The molecule has 6 nitrogen and oxygen atoms in total. The molecule has 0 saturated carbocycles. The summed E-state index contributed by atoms with van der Waals surface area (Å²) in [4.78, 5) is 12.3. The van der Waals surface area contributed by atoms with Gasteiger partial charge in [-0.3, -0.25) is 9.10 Å². The van der Waals surface area contributed by atoms with E-state index in [0.29, 0.717) is 24.4 Å². The van der Waals surface area contributed by atoms with Crippen molar-refractivity contribution in [2.45, 2.75) is 18.7 Å². The number of amides is 1. The lowest BCUT2D eigenvalue weighted by Gasteiger charge is -2.23. The number of rotatable bonds is 8. The Morgan fingerprint density at radius 3 is 2.54 bits per heavy atom. The number of sulfonamides is 1. The molecule has 1 N–H and O–H groups in total. The zero-order valence-electron chi connectivity index (χ0n) is 15.2. The summed E-state index contributed by atoms with van der Waals surface area (Å²) in [7, 11) is -2.23. The molecule has 0 aliphatic heterocycles. The largest absolute Gasteiger partial charge is 0.383 e. The molecule has 7 heteroatoms. The maximum Gasteiger partial charge on any atom is 0.264 e. The molecule has 0 heterocycles. The first-order valence-corrected chi connectivity index (χ1v) is 9.80. The second-order valence-electron chi connectivity index (χ2n) is 5.79. The Labute approximate surface area is 154 Å². The van der Waals surface area contributed by atoms with Crippen LogP contribution in [0.5, 0.6) is 0 Å². The van der Waals surface area contributed by atoms with E-state index in [0.717, 1.165) is 5.56 Å². The maximum absolute atomic E-state index is 13.1. The summed E-state index contributed by atoms with van der Waals surface area (Å²) >= 11 is 0. The molecule has 140 valence electrons. The van der Waals surface area contributed by atoms with Gasteiger partial charge < -0.3 is 10.1 Å². The van der Waals surface area contributed by atoms with Crippen LogP contribution in [0.1, 0.15) is 22.8 Å². The molecule has 0 aliphatic rings. The predicted molar refractivity (Wildman–Crippen MR) is 102 cm³/mol. The van der Waals surface area contributed by atoms with E-state index in [1.165, 1.54) is 16.4 Å². The summed E-state index contributed by atoms with van der Waals surface area (Å²) in [5.74, 6) is -0.335. The fourth-order valence-electron chi connectivity index (χ4n) is 2.57. The van der Waals surface area contributed by atoms with Gasteiger partial charge in [0, 0.05) is 25.8 Å². The van der Waals surface area contributed by atoms with Crippen LogP contribution in [-0.2, 0) is 14.8 Å². The summed E-state index contributed by atoms with van der Waals surface area (Å²) in [6, 6.07) is 13.4. The molecular weight excluding hydrogens is 352 g/mol. The molecule has 0 bridgehead atoms. The molecule has 1 amide bonds. The van der Waals surface area contributed by atoms with E-state index in [1.807, 2.05) is 25.1 Å². The minimum atomic E-state index is -3.77. The van der Waals surface area contributed by atoms with Crippen LogP contribution < -0.4 is 9.62 Å². The molecule has 2 rings (SSSR count). The predicted octanol–water partition coefficient (Wildman–Crippen LogP) is 2.59. The number of benzene rings is 2. The molecule has 0 aliphatic carbocycles. The molecular formula is C19H24N2O4S. The normalized spacial score (nSPS) is 11.2. The number of carbonyl (C=O) groups is 1. The second-order valence-corrected chi connectivity index (χ2v) is 7.65. The van der Waals surface area contributed by atoms with Crippen LogP contribution in [-0.4, -0.2) is 41.1 Å². The number of hydrogen-bond acceptors (Lipinski definition) is 4. The van der Waals surface area contributed by atoms with E-state index in [1.54, 1.807) is 32.2 Å². The van der Waals surface area contributed by atoms with Gasteiger partial charge in [0.25, 0.3) is 15.9 Å². The number of carbonyl (C=O) groups excluding carboxylic acids is 1. The van der Waals surface area contributed by atoms with Crippen LogP contribution in [0.2, 0.25) is 0 Å². The quantitative estimate of drug-likeness (QED) is 0.719. The maximum atomic E-state index is 13.1. The van der Waals surface area contributed by atoms with Crippen molar-refractivity contribution in [3.05, 3.63) is 59.7 Å². The van der Waals surface area contributed by atoms with Crippen molar-refractivity contribution in [3.8, 4) is 0 Å². The van der Waals surface area contributed by atoms with Crippen molar-refractivity contribution in [1.29, 1.82) is 0 Å². The summed E-state index contributed by atoms with van der Waals surface area (Å²) < 4.78 is 32.4. The summed E-state index contributed by atoms with van der Waals surface area (Å²) in [6.45, 7) is 4.73. The Kier molecular flexibility index (Phi) is 6.76. The van der Waals surface area contributed by atoms with Crippen LogP contribution in [0, 0.1) is 6.92 Å². The molecule has 0 radical (unpaired) electrons. The van der Waals surface area contributed by atoms with Gasteiger partial charge in [0.2, 0.25) is 0 Å². The lowest BCUT2D eigenvalue weighted by atomic mass is 10.2. The van der Waals surface area contributed by atoms with Crippen LogP contribution in [0.25, 0.3) is 0 Å². The van der Waals surface area contributed by atoms with Crippen LogP contribution in [0.4, 0.5) is 5.69 Å². The van der Waals surface area contributed by atoms with E-state index in [-0.39, 0.29) is 17.3 Å². The molecule has 2 aromatic carbocycles. The number of aryl methyl sites for hydroxylation is 1. The molecule has 0 spiro atoms. The number of nitrogens with zero attached hydrogens (tertiary/aromatic N) is 1. The van der Waals surface area contributed by atoms with Crippen molar-refractivity contribution >= 4 is 21.6 Å². The topological polar surface area (TPSA) is 75.7 Å². The van der Waals surface area contributed by atoms with Gasteiger partial charge in [-0.25, -0.2) is 8.42 Å². The minimum Gasteiger partial charge on any atom is -0.383 e. The Morgan fingerprint density at radius 1 is 1.15 bits per heavy atom. The van der Waals surface area contributed by atoms with Crippen LogP contribution in [0.3, 0.4) is 0 Å². The Bertz CT molecular complexity index is 865. The van der Waals surface area contributed by atoms with E-state index < -0.39 is 10.0 Å². The highest BCUT2D eigenvalue weighted by Crippen LogP contribution is 2.24. The zero-order chi connectivity index (χ0) is 19.2. The van der Waals surface area contributed by atoms with Gasteiger partial charge in [-0.05, 0) is 49.7 Å². The molecule has 0 aromatic heterocycles. The van der Waals surface area contributed by atoms with Gasteiger partial charge in [-0.2, -0.15) is 0 Å². The highest BCUT2D eigenvalue weighted by molar-refractivity contribution is 7.92. The lowest BCUT2D eigenvalue weighted by molar-refractivity contribution is 0.0937. The van der Waals surface area contributed by atoms with E-state index in [9.17, 15) is 13.2 Å².